The van der Waals surface area contributed by atoms with Crippen molar-refractivity contribution >= 4 is 17.3 Å². The summed E-state index contributed by atoms with van der Waals surface area (Å²) < 4.78 is 16.3. The first-order valence-electron chi connectivity index (χ1n) is 7.28. The molecule has 0 saturated heterocycles. The Morgan fingerprint density at radius 1 is 1.13 bits per heavy atom. The average molecular weight is 332 g/mol. The van der Waals surface area contributed by atoms with Gasteiger partial charge in [-0.15, -0.1) is 0 Å². The largest absolute Gasteiger partial charge is 0.298 e. The molecule has 0 saturated carbocycles. The first-order chi connectivity index (χ1) is 11.1. The highest BCUT2D eigenvalue weighted by Gasteiger charge is 2.22. The van der Waals surface area contributed by atoms with Gasteiger partial charge in [-0.25, -0.2) is 9.37 Å². The molecule has 5 heteroatoms. The Kier molecular flexibility index (Phi) is 3.27. The summed E-state index contributed by atoms with van der Waals surface area (Å²) in [5.41, 5.74) is 3.79. The van der Waals surface area contributed by atoms with Crippen LogP contribution in [0, 0.1) is 12.7 Å². The molecule has 0 bridgehead atoms. The van der Waals surface area contributed by atoms with Crippen LogP contribution < -0.4 is 0 Å². The predicted molar refractivity (Wildman–Crippen MR) is 89.1 cm³/mol. The highest BCUT2D eigenvalue weighted by Crippen LogP contribution is 2.29. The van der Waals surface area contributed by atoms with E-state index in [1.807, 2.05) is 42.0 Å². The van der Waals surface area contributed by atoms with Crippen LogP contribution >= 0.6 is 11.6 Å². The Hall–Kier alpha value is -2.46. The molecule has 2 heterocycles. The van der Waals surface area contributed by atoms with E-state index in [0.717, 1.165) is 22.8 Å². The van der Waals surface area contributed by atoms with Gasteiger partial charge < -0.3 is 0 Å². The van der Waals surface area contributed by atoms with Crippen LogP contribution in [0.3, 0.4) is 0 Å². The molecule has 0 N–H and O–H groups in total. The third-order valence-electron chi connectivity index (χ3n) is 3.99. The van der Waals surface area contributed by atoms with Crippen molar-refractivity contribution < 1.29 is 4.39 Å². The molecular weight excluding hydrogens is 319 g/mol. The van der Waals surface area contributed by atoms with E-state index in [9.17, 15) is 4.39 Å². The van der Waals surface area contributed by atoms with Crippen molar-refractivity contribution in [3.8, 4) is 5.69 Å². The summed E-state index contributed by atoms with van der Waals surface area (Å²) in [6, 6.07) is 12.3. The van der Waals surface area contributed by atoms with Crippen molar-refractivity contribution in [2.24, 2.45) is 4.99 Å². The molecule has 0 amide bonds. The number of benzene rings is 2. The van der Waals surface area contributed by atoms with Gasteiger partial charge in [0.1, 0.15) is 11.6 Å². The fourth-order valence-corrected chi connectivity index (χ4v) is 3.13. The average Bonchev–Trinajstić information content (AvgIpc) is 2.82. The highest BCUT2D eigenvalue weighted by atomic mass is 35.5. The van der Waals surface area contributed by atoms with Gasteiger partial charge in [0.2, 0.25) is 0 Å². The van der Waals surface area contributed by atoms with E-state index in [-0.39, 0.29) is 5.82 Å². The van der Waals surface area contributed by atoms with E-state index >= 15 is 0 Å². The summed E-state index contributed by atoms with van der Waals surface area (Å²) in [5.74, 6) is 0.576. The van der Waals surface area contributed by atoms with E-state index in [0.29, 0.717) is 22.8 Å². The minimum absolute atomic E-state index is 0.293. The normalized spacial score (nSPS) is 13.1. The van der Waals surface area contributed by atoms with Crippen molar-refractivity contribution in [3.05, 3.63) is 82.1 Å². The summed E-state index contributed by atoms with van der Waals surface area (Å²) >= 11 is 6.19. The van der Waals surface area contributed by atoms with Gasteiger partial charge in [0.25, 0.3) is 0 Å². The molecule has 1 aliphatic heterocycles. The Balaban J connectivity index is 2.03. The third-order valence-corrected chi connectivity index (χ3v) is 4.23. The number of imidazole rings is 1. The fraction of sp³-hybridized carbons (Fsp3) is 0.111. The van der Waals surface area contributed by atoms with Crippen LogP contribution in [-0.2, 0) is 6.54 Å². The SMILES string of the molecule is Cc1ncc2n1-[13c]1[13cH][13cH][13c](Cl)[13cH][13c]1C(c1ccccc1F)=NC2. The summed E-state index contributed by atoms with van der Waals surface area (Å²) in [6.45, 7) is 2.38. The molecule has 114 valence electrons. The number of aromatic nitrogens is 2. The molecule has 0 aliphatic carbocycles. The lowest BCUT2D eigenvalue weighted by Gasteiger charge is -2.14. The number of aryl methyl sites for hydroxylation is 1. The van der Waals surface area contributed by atoms with Crippen molar-refractivity contribution in [2.75, 3.05) is 0 Å². The van der Waals surface area contributed by atoms with Crippen LogP contribution in [0.15, 0.2) is 53.7 Å². The molecule has 1 aromatic heterocycles. The molecule has 3 aromatic rings. The lowest BCUT2D eigenvalue weighted by atomic mass is 10.1. The number of rotatable bonds is 1. The minimum Gasteiger partial charge on any atom is -0.298 e. The molecule has 0 spiro atoms. The summed E-state index contributed by atoms with van der Waals surface area (Å²) in [6.07, 6.45) is 1.81. The van der Waals surface area contributed by atoms with Gasteiger partial charge in [-0.05, 0) is 37.3 Å². The summed E-state index contributed by atoms with van der Waals surface area (Å²) in [4.78, 5) is 9.01. The van der Waals surface area contributed by atoms with Crippen molar-refractivity contribution in [1.29, 1.82) is 0 Å². The van der Waals surface area contributed by atoms with Gasteiger partial charge in [0, 0.05) is 16.1 Å². The molecule has 0 atom stereocenters. The number of halogens is 2. The van der Waals surface area contributed by atoms with E-state index in [1.165, 1.54) is 6.07 Å². The maximum Gasteiger partial charge on any atom is 0.132 e. The monoisotopic (exact) mass is 331 g/mol. The van der Waals surface area contributed by atoms with Crippen LogP contribution in [-0.4, -0.2) is 15.3 Å². The van der Waals surface area contributed by atoms with Gasteiger partial charge in [0.15, 0.2) is 0 Å². The van der Waals surface area contributed by atoms with Gasteiger partial charge in [0.05, 0.1) is 29.8 Å². The smallest absolute Gasteiger partial charge is 0.132 e. The third kappa shape index (κ3) is 2.26. The van der Waals surface area contributed by atoms with Gasteiger partial charge >= 0.3 is 0 Å². The van der Waals surface area contributed by atoms with Crippen molar-refractivity contribution in [3.63, 3.8) is 0 Å². The standard InChI is InChI=1S/C18H13ClFN3/c1-11-21-9-13-10-22-18(14-4-2-3-5-16(14)20)15-8-12(19)6-7-17(15)23(11)13/h2-9H,10H2,1H3/i6+1,7+1,8+1,12+1,15+1,17+1. The quantitative estimate of drug-likeness (QED) is 0.653. The molecule has 23 heavy (non-hydrogen) atoms. The lowest BCUT2D eigenvalue weighted by molar-refractivity contribution is 0.625. The zero-order valence-corrected chi connectivity index (χ0v) is 13.2. The predicted octanol–water partition coefficient (Wildman–Crippen LogP) is 4.32. The molecule has 3 nitrogen and oxygen atoms in total. The van der Waals surface area contributed by atoms with Crippen LogP contribution in [0.5, 0.6) is 0 Å². The molecule has 1 aliphatic rings. The number of hydrogen-bond donors (Lipinski definition) is 0. The van der Waals surface area contributed by atoms with Crippen molar-refractivity contribution in [2.45, 2.75) is 13.5 Å². The second kappa shape index (κ2) is 5.32. The molecule has 0 fully saturated rings. The molecule has 2 aromatic carbocycles. The van der Waals surface area contributed by atoms with E-state index in [2.05, 4.69) is 9.98 Å². The Morgan fingerprint density at radius 2 is 1.96 bits per heavy atom. The first kappa shape index (κ1) is 14.2. The summed E-state index contributed by atoms with van der Waals surface area (Å²) in [5, 5.41) is 0.592. The van der Waals surface area contributed by atoms with Gasteiger partial charge in [-0.3, -0.25) is 9.56 Å². The minimum atomic E-state index is -0.293. The Morgan fingerprint density at radius 3 is 2.78 bits per heavy atom. The van der Waals surface area contributed by atoms with Crippen LogP contribution in [0.1, 0.15) is 22.6 Å². The van der Waals surface area contributed by atoms with E-state index in [4.69, 9.17) is 11.6 Å². The first-order valence-corrected chi connectivity index (χ1v) is 7.66. The number of aliphatic imine (C=N–C) groups is 1. The van der Waals surface area contributed by atoms with Crippen LogP contribution in [0.4, 0.5) is 4.39 Å². The highest BCUT2D eigenvalue weighted by molar-refractivity contribution is 6.31. The topological polar surface area (TPSA) is 30.2 Å². The Bertz CT molecular complexity index is 943. The lowest BCUT2D eigenvalue weighted by Crippen LogP contribution is -2.09. The fourth-order valence-electron chi connectivity index (χ4n) is 2.95. The Labute approximate surface area is 138 Å². The maximum absolute atomic E-state index is 14.3. The number of hydrogen-bond acceptors (Lipinski definition) is 2. The van der Waals surface area contributed by atoms with Gasteiger partial charge in [-0.2, -0.15) is 0 Å². The zero-order chi connectivity index (χ0) is 16.0. The molecule has 0 unspecified atom stereocenters. The van der Waals surface area contributed by atoms with E-state index < -0.39 is 0 Å². The molecule has 0 radical (unpaired) electrons. The second-order valence-corrected chi connectivity index (χ2v) is 5.87. The van der Waals surface area contributed by atoms with Crippen LogP contribution in [0.2, 0.25) is 5.02 Å². The van der Waals surface area contributed by atoms with E-state index in [1.54, 1.807) is 12.1 Å². The van der Waals surface area contributed by atoms with Crippen molar-refractivity contribution in [1.82, 2.24) is 9.55 Å². The van der Waals surface area contributed by atoms with Gasteiger partial charge in [-0.1, -0.05) is 23.7 Å². The number of nitrogens with zero attached hydrogens (tertiary/aromatic N) is 3. The zero-order valence-electron chi connectivity index (χ0n) is 12.4. The van der Waals surface area contributed by atoms with Crippen LogP contribution in [0.25, 0.3) is 5.69 Å². The maximum atomic E-state index is 14.3. The summed E-state index contributed by atoms with van der Waals surface area (Å²) in [7, 11) is 0. The molecule has 4 rings (SSSR count). The second-order valence-electron chi connectivity index (χ2n) is 5.44. The number of fused-ring (bicyclic) bond motifs is 3. The molecular formula is C18H13ClFN3.